The molecule has 1 aliphatic rings. The van der Waals surface area contributed by atoms with Crippen LogP contribution >= 0.6 is 0 Å². The van der Waals surface area contributed by atoms with Gasteiger partial charge in [-0.1, -0.05) is 12.1 Å². The Morgan fingerprint density at radius 3 is 2.50 bits per heavy atom. The lowest BCUT2D eigenvalue weighted by Crippen LogP contribution is -2.35. The van der Waals surface area contributed by atoms with Crippen LogP contribution in [-0.4, -0.2) is 49.9 Å². The molecule has 5 rings (SSSR count). The fourth-order valence-corrected chi connectivity index (χ4v) is 4.08. The molecule has 1 saturated heterocycles. The zero-order valence-corrected chi connectivity index (χ0v) is 18.1. The van der Waals surface area contributed by atoms with Gasteiger partial charge in [0.05, 0.1) is 11.4 Å². The van der Waals surface area contributed by atoms with Gasteiger partial charge in [0.1, 0.15) is 17.5 Å². The van der Waals surface area contributed by atoms with Crippen molar-refractivity contribution in [2.24, 2.45) is 0 Å². The first-order valence-corrected chi connectivity index (χ1v) is 10.9. The van der Waals surface area contributed by atoms with Crippen molar-refractivity contribution in [3.05, 3.63) is 77.6 Å². The summed E-state index contributed by atoms with van der Waals surface area (Å²) in [5.41, 5.74) is 0.915. The highest BCUT2D eigenvalue weighted by Gasteiger charge is 2.20. The second-order valence-corrected chi connectivity index (χ2v) is 8.14. The Morgan fingerprint density at radius 2 is 1.71 bits per heavy atom. The van der Waals surface area contributed by atoms with Crippen LogP contribution in [0.1, 0.15) is 35.4 Å². The summed E-state index contributed by atoms with van der Waals surface area (Å²) in [6, 6.07) is 13.8. The van der Waals surface area contributed by atoms with Gasteiger partial charge in [0, 0.05) is 18.7 Å². The van der Waals surface area contributed by atoms with Crippen molar-refractivity contribution in [3.8, 4) is 5.69 Å². The Hall–Kier alpha value is -4.21. The lowest BCUT2D eigenvalue weighted by molar-refractivity contribution is 0.101. The maximum Gasteiger partial charge on any atom is 0.295 e. The van der Waals surface area contributed by atoms with Crippen molar-refractivity contribution in [1.82, 2.24) is 25.1 Å². The van der Waals surface area contributed by atoms with Crippen LogP contribution < -0.4 is 5.32 Å². The van der Waals surface area contributed by atoms with E-state index >= 15 is 0 Å². The van der Waals surface area contributed by atoms with Crippen LogP contribution in [0.4, 0.5) is 14.5 Å². The Kier molecular flexibility index (Phi) is 5.70. The summed E-state index contributed by atoms with van der Waals surface area (Å²) < 4.78 is 29.5. The van der Waals surface area contributed by atoms with Gasteiger partial charge in [0.15, 0.2) is 0 Å². The number of amidine groups is 1. The molecule has 1 amide bonds. The van der Waals surface area contributed by atoms with E-state index in [0.29, 0.717) is 16.6 Å². The number of anilines is 1. The van der Waals surface area contributed by atoms with Gasteiger partial charge >= 0.3 is 0 Å². The molecular weight excluding hydrogens is 440 g/mol. The smallest absolute Gasteiger partial charge is 0.295 e. The number of nitrogens with one attached hydrogen (secondary N) is 2. The lowest BCUT2D eigenvalue weighted by atomic mass is 10.1. The Labute approximate surface area is 193 Å². The Morgan fingerprint density at radius 1 is 0.941 bits per heavy atom. The van der Waals surface area contributed by atoms with Gasteiger partial charge in [0.25, 0.3) is 5.91 Å². The minimum Gasteiger partial charge on any atom is -0.357 e. The molecule has 172 valence electrons. The third kappa shape index (κ3) is 4.21. The summed E-state index contributed by atoms with van der Waals surface area (Å²) in [6.45, 7) is 1.57. The van der Waals surface area contributed by atoms with E-state index in [1.807, 2.05) is 4.90 Å². The number of likely N-dealkylation sites (tertiary alicyclic amines) is 1. The van der Waals surface area contributed by atoms with Crippen LogP contribution in [0.2, 0.25) is 0 Å². The van der Waals surface area contributed by atoms with Crippen LogP contribution in [0.3, 0.4) is 0 Å². The summed E-state index contributed by atoms with van der Waals surface area (Å²) in [7, 11) is 0. The molecule has 0 atom stereocenters. The van der Waals surface area contributed by atoms with E-state index in [2.05, 4.69) is 20.8 Å². The molecule has 0 bridgehead atoms. The van der Waals surface area contributed by atoms with Crippen LogP contribution in [0, 0.1) is 17.0 Å². The van der Waals surface area contributed by atoms with E-state index in [9.17, 15) is 13.6 Å². The zero-order valence-electron chi connectivity index (χ0n) is 18.1. The number of hydrogen-bond acceptors (Lipinski definition) is 5. The quantitative estimate of drug-likeness (QED) is 0.351. The first-order valence-electron chi connectivity index (χ1n) is 10.9. The standard InChI is InChI=1S/C24H21F2N7O/c25-18-7-4-16-13-19(8-5-15(16)12-18)33-23(29-30-31-33)24(34)28-21-9-6-17(14-20(21)26)22(27)32-10-2-1-3-11-32/h4-9,12-14,27H,1-3,10-11H2,(H,28,34). The molecule has 8 nitrogen and oxygen atoms in total. The molecule has 10 heteroatoms. The van der Waals surface area contributed by atoms with Gasteiger partial charge in [-0.2, -0.15) is 4.68 Å². The third-order valence-electron chi connectivity index (χ3n) is 5.87. The number of nitrogens with zero attached hydrogens (tertiary/aromatic N) is 5. The minimum atomic E-state index is -0.693. The van der Waals surface area contributed by atoms with E-state index < -0.39 is 11.7 Å². The van der Waals surface area contributed by atoms with Crippen LogP contribution in [-0.2, 0) is 0 Å². The van der Waals surface area contributed by atoms with Crippen LogP contribution in [0.5, 0.6) is 0 Å². The number of hydrogen-bond donors (Lipinski definition) is 2. The summed E-state index contributed by atoms with van der Waals surface area (Å²) in [6.07, 6.45) is 3.17. The number of halogens is 2. The van der Waals surface area contributed by atoms with Crippen molar-refractivity contribution >= 4 is 28.2 Å². The number of piperidine rings is 1. The first-order chi connectivity index (χ1) is 16.5. The number of benzene rings is 3. The molecule has 1 aromatic heterocycles. The highest BCUT2D eigenvalue weighted by Crippen LogP contribution is 2.22. The predicted octanol–water partition coefficient (Wildman–Crippen LogP) is 4.16. The predicted molar refractivity (Wildman–Crippen MR) is 123 cm³/mol. The van der Waals surface area contributed by atoms with Gasteiger partial charge in [-0.05, 0) is 82.9 Å². The third-order valence-corrected chi connectivity index (χ3v) is 5.87. The number of rotatable bonds is 4. The highest BCUT2D eigenvalue weighted by atomic mass is 19.1. The van der Waals surface area contributed by atoms with E-state index in [-0.39, 0.29) is 23.2 Å². The Balaban J connectivity index is 1.36. The van der Waals surface area contributed by atoms with Gasteiger partial charge in [0.2, 0.25) is 5.82 Å². The average Bonchev–Trinajstić information content (AvgIpc) is 3.35. The molecule has 0 unspecified atom stereocenters. The number of fused-ring (bicyclic) bond motifs is 1. The average molecular weight is 461 g/mol. The number of carbonyl (C=O) groups excluding carboxylic acids is 1. The molecular formula is C24H21F2N7O. The Bertz CT molecular complexity index is 1400. The molecule has 0 radical (unpaired) electrons. The number of tetrazole rings is 1. The van der Waals surface area contributed by atoms with Crippen LogP contribution in [0.25, 0.3) is 16.5 Å². The van der Waals surface area contributed by atoms with Crippen molar-refractivity contribution in [1.29, 1.82) is 5.41 Å². The summed E-state index contributed by atoms with van der Waals surface area (Å²) >= 11 is 0. The van der Waals surface area contributed by atoms with Gasteiger partial charge in [-0.3, -0.25) is 10.2 Å². The molecule has 4 aromatic rings. The fraction of sp³-hybridized carbons (Fsp3) is 0.208. The van der Waals surface area contributed by atoms with Gasteiger partial charge in [-0.25, -0.2) is 8.78 Å². The van der Waals surface area contributed by atoms with E-state index in [1.165, 1.54) is 28.9 Å². The SMILES string of the molecule is N=C(c1ccc(NC(=O)c2nnnn2-c2ccc3cc(F)ccc3c2)c(F)c1)N1CCCCC1. The molecule has 0 saturated carbocycles. The maximum absolute atomic E-state index is 14.8. The molecule has 1 aliphatic heterocycles. The molecule has 34 heavy (non-hydrogen) atoms. The van der Waals surface area contributed by atoms with Gasteiger partial charge in [-0.15, -0.1) is 5.10 Å². The van der Waals surface area contributed by atoms with Crippen molar-refractivity contribution in [2.45, 2.75) is 19.3 Å². The molecule has 3 aromatic carbocycles. The van der Waals surface area contributed by atoms with Crippen molar-refractivity contribution in [3.63, 3.8) is 0 Å². The highest BCUT2D eigenvalue weighted by molar-refractivity contribution is 6.03. The molecule has 0 aliphatic carbocycles. The summed E-state index contributed by atoms with van der Waals surface area (Å²) in [5.74, 6) is -1.55. The van der Waals surface area contributed by atoms with E-state index in [1.54, 1.807) is 30.3 Å². The molecule has 2 heterocycles. The lowest BCUT2D eigenvalue weighted by Gasteiger charge is -2.29. The molecule has 1 fully saturated rings. The topological polar surface area (TPSA) is 99.8 Å². The normalized spacial score (nSPS) is 13.8. The molecule has 0 spiro atoms. The van der Waals surface area contributed by atoms with Crippen LogP contribution in [0.15, 0.2) is 54.6 Å². The largest absolute Gasteiger partial charge is 0.357 e. The van der Waals surface area contributed by atoms with E-state index in [0.717, 1.165) is 37.7 Å². The number of carbonyl (C=O) groups is 1. The first kappa shape index (κ1) is 21.6. The maximum atomic E-state index is 14.8. The van der Waals surface area contributed by atoms with E-state index in [4.69, 9.17) is 5.41 Å². The fourth-order valence-electron chi connectivity index (χ4n) is 4.08. The summed E-state index contributed by atoms with van der Waals surface area (Å²) in [5, 5.41) is 23.6. The second-order valence-electron chi connectivity index (χ2n) is 8.14. The molecule has 2 N–H and O–H groups in total. The number of aromatic nitrogens is 4. The number of amides is 1. The zero-order chi connectivity index (χ0) is 23.7. The minimum absolute atomic E-state index is 0.0382. The second kappa shape index (κ2) is 8.97. The summed E-state index contributed by atoms with van der Waals surface area (Å²) in [4.78, 5) is 14.8. The van der Waals surface area contributed by atoms with Crippen molar-refractivity contribution in [2.75, 3.05) is 18.4 Å². The van der Waals surface area contributed by atoms with Gasteiger partial charge < -0.3 is 10.2 Å². The van der Waals surface area contributed by atoms with Crippen molar-refractivity contribution < 1.29 is 13.6 Å². The monoisotopic (exact) mass is 461 g/mol.